The van der Waals surface area contributed by atoms with Gasteiger partial charge in [-0.3, -0.25) is 4.72 Å². The van der Waals surface area contributed by atoms with Crippen molar-refractivity contribution in [2.24, 2.45) is 0 Å². The molecule has 2 N–H and O–H groups in total. The zero-order chi connectivity index (χ0) is 17.3. The van der Waals surface area contributed by atoms with Crippen molar-refractivity contribution in [2.45, 2.75) is 4.90 Å². The third-order valence-electron chi connectivity index (χ3n) is 3.32. The van der Waals surface area contributed by atoms with E-state index in [-0.39, 0.29) is 10.6 Å². The van der Waals surface area contributed by atoms with Crippen LogP contribution in [0.1, 0.15) is 0 Å². The fourth-order valence-corrected chi connectivity index (χ4v) is 3.18. The van der Waals surface area contributed by atoms with Crippen LogP contribution in [-0.2, 0) is 10.0 Å². The highest BCUT2D eigenvalue weighted by Crippen LogP contribution is 2.26. The number of sulfonamides is 1. The first-order valence-corrected chi connectivity index (χ1v) is 8.29. The predicted molar refractivity (Wildman–Crippen MR) is 84.6 cm³/mol. The lowest BCUT2D eigenvalue weighted by Crippen LogP contribution is -2.13. The largest absolute Gasteiger partial charge is 0.503 e. The molecule has 1 heterocycles. The summed E-state index contributed by atoms with van der Waals surface area (Å²) >= 11 is 0. The van der Waals surface area contributed by atoms with Gasteiger partial charge in [0.15, 0.2) is 17.4 Å². The van der Waals surface area contributed by atoms with Crippen LogP contribution >= 0.6 is 0 Å². The Bertz CT molecular complexity index is 946. The van der Waals surface area contributed by atoms with Crippen molar-refractivity contribution in [3.63, 3.8) is 0 Å². The summed E-state index contributed by atoms with van der Waals surface area (Å²) in [6, 6.07) is 11.0. The SMILES string of the molecule is O=S(=O)(Nc1cc(F)c(O)c(F)c1)c1ccc(-n2cccc2)cc1. The molecular formula is C16H12F2N2O3S. The van der Waals surface area contributed by atoms with Crippen LogP contribution in [0.3, 0.4) is 0 Å². The number of hydrogen-bond donors (Lipinski definition) is 2. The Labute approximate surface area is 136 Å². The van der Waals surface area contributed by atoms with Crippen LogP contribution in [0.2, 0.25) is 0 Å². The van der Waals surface area contributed by atoms with Crippen molar-refractivity contribution in [1.82, 2.24) is 4.57 Å². The molecule has 0 aliphatic rings. The summed E-state index contributed by atoms with van der Waals surface area (Å²) in [6.07, 6.45) is 3.62. The Morgan fingerprint density at radius 3 is 2.04 bits per heavy atom. The molecule has 0 aliphatic heterocycles. The van der Waals surface area contributed by atoms with E-state index in [1.807, 2.05) is 24.5 Å². The molecule has 0 amide bonds. The van der Waals surface area contributed by atoms with E-state index >= 15 is 0 Å². The normalized spacial score (nSPS) is 11.4. The van der Waals surface area contributed by atoms with Crippen molar-refractivity contribution in [3.05, 3.63) is 72.6 Å². The summed E-state index contributed by atoms with van der Waals surface area (Å²) in [5.74, 6) is -3.67. The minimum atomic E-state index is -4.02. The van der Waals surface area contributed by atoms with E-state index in [9.17, 15) is 17.2 Å². The van der Waals surface area contributed by atoms with E-state index in [1.165, 1.54) is 12.1 Å². The maximum atomic E-state index is 13.3. The molecule has 5 nitrogen and oxygen atoms in total. The molecule has 3 aromatic rings. The average molecular weight is 350 g/mol. The van der Waals surface area contributed by atoms with Gasteiger partial charge in [0, 0.05) is 30.2 Å². The van der Waals surface area contributed by atoms with Crippen molar-refractivity contribution in [1.29, 1.82) is 0 Å². The second-order valence-electron chi connectivity index (χ2n) is 4.98. The highest BCUT2D eigenvalue weighted by Gasteiger charge is 2.17. The van der Waals surface area contributed by atoms with E-state index in [2.05, 4.69) is 4.72 Å². The summed E-state index contributed by atoms with van der Waals surface area (Å²) in [5.41, 5.74) is 0.443. The van der Waals surface area contributed by atoms with Gasteiger partial charge in [-0.2, -0.15) is 0 Å². The van der Waals surface area contributed by atoms with Crippen LogP contribution in [-0.4, -0.2) is 18.1 Å². The average Bonchev–Trinajstić information content (AvgIpc) is 3.07. The number of phenols is 1. The summed E-state index contributed by atoms with van der Waals surface area (Å²) in [7, 11) is -4.02. The summed E-state index contributed by atoms with van der Waals surface area (Å²) in [6.45, 7) is 0. The fourth-order valence-electron chi connectivity index (χ4n) is 2.14. The second kappa shape index (κ2) is 5.97. The van der Waals surface area contributed by atoms with E-state index < -0.39 is 27.4 Å². The first kappa shape index (κ1) is 16.0. The van der Waals surface area contributed by atoms with Gasteiger partial charge in [-0.05, 0) is 36.4 Å². The molecular weight excluding hydrogens is 338 g/mol. The van der Waals surface area contributed by atoms with E-state index in [4.69, 9.17) is 5.11 Å². The molecule has 0 unspecified atom stereocenters. The number of nitrogens with zero attached hydrogens (tertiary/aromatic N) is 1. The van der Waals surface area contributed by atoms with Gasteiger partial charge in [-0.25, -0.2) is 17.2 Å². The smallest absolute Gasteiger partial charge is 0.261 e. The van der Waals surface area contributed by atoms with Crippen molar-refractivity contribution in [3.8, 4) is 11.4 Å². The standard InChI is InChI=1S/C16H12F2N2O3S/c17-14-9-11(10-15(18)16(14)21)19-24(22,23)13-5-3-12(4-6-13)20-7-1-2-8-20/h1-10,19,21H. The molecule has 0 spiro atoms. The Morgan fingerprint density at radius 2 is 1.50 bits per heavy atom. The first-order chi connectivity index (χ1) is 11.4. The summed E-state index contributed by atoms with van der Waals surface area (Å²) < 4.78 is 55.0. The molecule has 1 aromatic heterocycles. The molecule has 0 radical (unpaired) electrons. The number of aromatic hydroxyl groups is 1. The van der Waals surface area contributed by atoms with Crippen molar-refractivity contribution >= 4 is 15.7 Å². The van der Waals surface area contributed by atoms with Crippen LogP contribution < -0.4 is 4.72 Å². The molecule has 3 rings (SSSR count). The Balaban J connectivity index is 1.88. The van der Waals surface area contributed by atoms with Crippen LogP contribution in [0.15, 0.2) is 65.8 Å². The lowest BCUT2D eigenvalue weighted by Gasteiger charge is -2.10. The number of anilines is 1. The molecule has 0 aliphatic carbocycles. The molecule has 2 aromatic carbocycles. The highest BCUT2D eigenvalue weighted by atomic mass is 32.2. The van der Waals surface area contributed by atoms with Crippen LogP contribution in [0, 0.1) is 11.6 Å². The van der Waals surface area contributed by atoms with E-state index in [1.54, 1.807) is 16.7 Å². The molecule has 0 saturated heterocycles. The molecule has 124 valence electrons. The highest BCUT2D eigenvalue weighted by molar-refractivity contribution is 7.92. The van der Waals surface area contributed by atoms with E-state index in [0.717, 1.165) is 5.69 Å². The zero-order valence-corrected chi connectivity index (χ0v) is 13.0. The third kappa shape index (κ3) is 3.09. The van der Waals surface area contributed by atoms with Gasteiger partial charge in [0.1, 0.15) is 0 Å². The number of halogens is 2. The first-order valence-electron chi connectivity index (χ1n) is 6.81. The maximum absolute atomic E-state index is 13.3. The third-order valence-corrected chi connectivity index (χ3v) is 4.72. The van der Waals surface area contributed by atoms with Gasteiger partial charge in [0.05, 0.1) is 10.6 Å². The topological polar surface area (TPSA) is 71.3 Å². The molecule has 0 bridgehead atoms. The minimum absolute atomic E-state index is 0.0627. The van der Waals surface area contributed by atoms with Gasteiger partial charge < -0.3 is 9.67 Å². The van der Waals surface area contributed by atoms with Gasteiger partial charge in [-0.15, -0.1) is 0 Å². The monoisotopic (exact) mass is 350 g/mol. The Morgan fingerprint density at radius 1 is 0.958 bits per heavy atom. The van der Waals surface area contributed by atoms with Gasteiger partial charge in [-0.1, -0.05) is 0 Å². The van der Waals surface area contributed by atoms with Gasteiger partial charge in [0.2, 0.25) is 0 Å². The fraction of sp³-hybridized carbons (Fsp3) is 0. The lowest BCUT2D eigenvalue weighted by molar-refractivity contribution is 0.396. The van der Waals surface area contributed by atoms with Crippen molar-refractivity contribution < 1.29 is 22.3 Å². The molecule has 24 heavy (non-hydrogen) atoms. The Hall–Kier alpha value is -2.87. The summed E-state index contributed by atoms with van der Waals surface area (Å²) in [5, 5.41) is 9.04. The Kier molecular flexibility index (Phi) is 3.98. The number of rotatable bonds is 4. The number of nitrogens with one attached hydrogen (secondary N) is 1. The zero-order valence-electron chi connectivity index (χ0n) is 12.1. The second-order valence-corrected chi connectivity index (χ2v) is 6.66. The van der Waals surface area contributed by atoms with Crippen molar-refractivity contribution in [2.75, 3.05) is 4.72 Å². The minimum Gasteiger partial charge on any atom is -0.503 e. The molecule has 0 fully saturated rings. The number of aromatic nitrogens is 1. The van der Waals surface area contributed by atoms with Gasteiger partial charge >= 0.3 is 0 Å². The van der Waals surface area contributed by atoms with Crippen LogP contribution in [0.25, 0.3) is 5.69 Å². The quantitative estimate of drug-likeness (QED) is 0.710. The predicted octanol–water partition coefficient (Wildman–Crippen LogP) is 3.26. The molecule has 0 saturated carbocycles. The number of benzene rings is 2. The summed E-state index contributed by atoms with van der Waals surface area (Å²) in [4.78, 5) is -0.0627. The van der Waals surface area contributed by atoms with E-state index in [0.29, 0.717) is 12.1 Å². The van der Waals surface area contributed by atoms with Crippen LogP contribution in [0.4, 0.5) is 14.5 Å². The van der Waals surface area contributed by atoms with Gasteiger partial charge in [0.25, 0.3) is 10.0 Å². The molecule has 0 atom stereocenters. The number of phenolic OH excluding ortho intramolecular Hbond substituents is 1. The number of hydrogen-bond acceptors (Lipinski definition) is 3. The maximum Gasteiger partial charge on any atom is 0.261 e. The van der Waals surface area contributed by atoms with Crippen LogP contribution in [0.5, 0.6) is 5.75 Å². The lowest BCUT2D eigenvalue weighted by atomic mass is 10.3. The molecule has 8 heteroatoms.